The number of terminal acetylenes is 2. The molecule has 1 aliphatic carbocycles. The van der Waals surface area contributed by atoms with Crippen molar-refractivity contribution in [1.82, 2.24) is 0 Å². The van der Waals surface area contributed by atoms with E-state index >= 15 is 0 Å². The van der Waals surface area contributed by atoms with Crippen LogP contribution in [0.1, 0.15) is 10.4 Å². The van der Waals surface area contributed by atoms with Crippen molar-refractivity contribution in [3.63, 3.8) is 0 Å². The number of ether oxygens (including phenoxy) is 1. The number of carboxylic acids is 1. The number of hydrogen-bond donors (Lipinski definition) is 0. The van der Waals surface area contributed by atoms with Crippen molar-refractivity contribution in [2.75, 3.05) is 13.2 Å². The first-order valence-corrected chi connectivity index (χ1v) is 14.2. The summed E-state index contributed by atoms with van der Waals surface area (Å²) in [5.41, 5.74) is 1.69. The maximum atomic E-state index is 12.4. The van der Waals surface area contributed by atoms with Crippen molar-refractivity contribution in [3.8, 4) is 52.9 Å². The molecular weight excluding hydrogens is 831 g/mol. The van der Waals surface area contributed by atoms with Crippen molar-refractivity contribution in [2.24, 2.45) is 0 Å². The standard InChI is InChI=1S/C20H9Br2O5.C6H6O.Hg.2Na.H2O/c21-13-5-11-17(7-15(13)23)27-18-8-16(24)14(22)6-12(18)19(11)9-3-1-2-4-10(9)20(25)26;1-3-5-7-6-4-2;;;;/h1-7,24H,(H,25,26);1-2H,5-6H2;;;;1H2/q;;;2*+1;/p-2. The Morgan fingerprint density at radius 1 is 1.03 bits per heavy atom. The molecule has 2 N–H and O–H groups in total. The van der Waals surface area contributed by atoms with Gasteiger partial charge in [-0.05, 0) is 0 Å². The third kappa shape index (κ3) is 8.42. The first kappa shape index (κ1) is 37.3. The fourth-order valence-corrected chi connectivity index (χ4v) is 6.96. The van der Waals surface area contributed by atoms with Crippen LogP contribution in [0.5, 0.6) is 5.75 Å². The Morgan fingerprint density at radius 2 is 1.63 bits per heavy atom. The minimum Gasteiger partial charge on any atom is 1.00 e. The molecule has 0 atom stereocenters. The van der Waals surface area contributed by atoms with E-state index < -0.39 is 5.97 Å². The number of hydrogen-bond acceptors (Lipinski definition) is 6. The van der Waals surface area contributed by atoms with Gasteiger partial charge in [-0.1, -0.05) is 11.8 Å². The number of carbonyl (C=O) groups is 1. The van der Waals surface area contributed by atoms with Crippen molar-refractivity contribution in [1.29, 1.82) is 0 Å². The summed E-state index contributed by atoms with van der Waals surface area (Å²) in [7, 11) is 0. The number of rotatable bonds is 4. The van der Waals surface area contributed by atoms with Crippen LogP contribution in [0.4, 0.5) is 0 Å². The van der Waals surface area contributed by atoms with Crippen LogP contribution < -0.4 is 77.8 Å². The average molecular weight is 846 g/mol. The Morgan fingerprint density at radius 3 is 2.21 bits per heavy atom. The smallest absolute Gasteiger partial charge is 1.00 e. The summed E-state index contributed by atoms with van der Waals surface area (Å²) in [5.74, 6) is 3.39. The summed E-state index contributed by atoms with van der Waals surface area (Å²) >= 11 is 6.47. The molecule has 0 fully saturated rings. The van der Waals surface area contributed by atoms with Gasteiger partial charge < -0.3 is 10.2 Å². The Bertz CT molecular complexity index is 1540. The molecule has 0 aromatic heterocycles. The molecule has 0 radical (unpaired) electrons. The number of carbonyl (C=O) groups excluding carboxylic acids is 1. The zero-order chi connectivity index (χ0) is 25.7. The topological polar surface area (TPSA) is 134 Å². The number of halogens is 2. The zero-order valence-electron chi connectivity index (χ0n) is 20.5. The molecule has 4 rings (SSSR count). The summed E-state index contributed by atoms with van der Waals surface area (Å²) in [6.07, 6.45) is 9.65. The van der Waals surface area contributed by atoms with Crippen LogP contribution in [0.3, 0.4) is 0 Å². The fraction of sp³-hybridized carbons (Fsp3) is 0.0769. The van der Waals surface area contributed by atoms with E-state index in [-0.39, 0.29) is 113 Å². The summed E-state index contributed by atoms with van der Waals surface area (Å²) in [6, 6.07) is 11.1. The molecule has 0 spiro atoms. The van der Waals surface area contributed by atoms with E-state index in [1.54, 1.807) is 30.3 Å². The molecule has 0 bridgehead atoms. The summed E-state index contributed by atoms with van der Waals surface area (Å²) in [6.45, 7) is 0.619. The second-order valence-corrected chi connectivity index (χ2v) is 11.5. The van der Waals surface area contributed by atoms with Crippen molar-refractivity contribution in [2.45, 2.75) is 0 Å². The minimum absolute atomic E-state index is 0. The predicted octanol–water partition coefficient (Wildman–Crippen LogP) is -3.85. The Hall–Kier alpha value is -0.665. The first-order valence-electron chi connectivity index (χ1n) is 9.88. The third-order valence-electron chi connectivity index (χ3n) is 4.85. The normalized spacial score (nSPS) is 9.53. The molecule has 0 unspecified atom stereocenters. The van der Waals surface area contributed by atoms with Gasteiger partial charge in [-0.25, -0.2) is 0 Å². The first-order chi connectivity index (χ1) is 16.7. The molecule has 2 aliphatic rings. The van der Waals surface area contributed by atoms with Gasteiger partial charge in [-0.2, -0.15) is 0 Å². The molecule has 7 nitrogen and oxygen atoms in total. The van der Waals surface area contributed by atoms with Crippen LogP contribution in [0, 0.1) is 24.7 Å². The van der Waals surface area contributed by atoms with Gasteiger partial charge in [0.25, 0.3) is 0 Å². The summed E-state index contributed by atoms with van der Waals surface area (Å²) < 4.78 is 11.9. The van der Waals surface area contributed by atoms with Crippen LogP contribution in [-0.2, 0) is 30.9 Å². The molecule has 12 heteroatoms. The molecule has 0 saturated heterocycles. The Balaban J connectivity index is 0.00000122. The molecular formula is C26H15Br2HgNa2O7. The van der Waals surface area contributed by atoms with Crippen molar-refractivity contribution in [3.05, 3.63) is 67.2 Å². The SMILES string of the molecule is C#CCOCC#C.O.O=C([O-])c1ccccc1-c1c2cc(Br)c(=O)cc-2oc2[c]([Hg])c([O-])c(Br)cc12.[Na+].[Na+]. The molecule has 38 heavy (non-hydrogen) atoms. The van der Waals surface area contributed by atoms with Crippen molar-refractivity contribution < 1.29 is 115 Å². The van der Waals surface area contributed by atoms with Crippen molar-refractivity contribution >= 4 is 51.9 Å². The van der Waals surface area contributed by atoms with E-state index in [0.717, 1.165) is 0 Å². The quantitative estimate of drug-likeness (QED) is 0.0896. The van der Waals surface area contributed by atoms with Gasteiger partial charge in [-0.15, -0.1) is 12.8 Å². The maximum Gasteiger partial charge on any atom is 1.00 e. The molecule has 2 aromatic carbocycles. The average Bonchev–Trinajstić information content (AvgIpc) is 2.83. The van der Waals surface area contributed by atoms with Gasteiger partial charge in [-0.3, -0.25) is 0 Å². The fourth-order valence-electron chi connectivity index (χ4n) is 3.38. The van der Waals surface area contributed by atoms with Gasteiger partial charge in [0.1, 0.15) is 13.2 Å². The largest absolute Gasteiger partial charge is 1.00 e. The van der Waals surface area contributed by atoms with Gasteiger partial charge in [0.15, 0.2) is 0 Å². The molecule has 0 amide bonds. The van der Waals surface area contributed by atoms with Crippen LogP contribution in [0.2, 0.25) is 0 Å². The number of carboxylic acid groups (broad SMARTS) is 1. The second-order valence-electron chi connectivity index (χ2n) is 7.03. The maximum absolute atomic E-state index is 12.4. The van der Waals surface area contributed by atoms with Crippen LogP contribution in [0.25, 0.3) is 33.4 Å². The minimum atomic E-state index is -1.31. The van der Waals surface area contributed by atoms with E-state index in [9.17, 15) is 19.8 Å². The summed E-state index contributed by atoms with van der Waals surface area (Å²) in [4.78, 5) is 23.9. The third-order valence-corrected chi connectivity index (χ3v) is 8.56. The monoisotopic (exact) mass is 845 g/mol. The van der Waals surface area contributed by atoms with Crippen LogP contribution in [0.15, 0.2) is 60.6 Å². The number of fused-ring (bicyclic) bond motifs is 2. The van der Waals surface area contributed by atoms with E-state index in [2.05, 4.69) is 48.4 Å². The van der Waals surface area contributed by atoms with E-state index in [1.165, 1.54) is 12.1 Å². The number of benzene rings is 3. The predicted molar refractivity (Wildman–Crippen MR) is 135 cm³/mol. The molecule has 2 aromatic rings. The second kappa shape index (κ2) is 17.2. The molecule has 0 saturated carbocycles. The molecule has 179 valence electrons. The molecule has 1 aliphatic heterocycles. The van der Waals surface area contributed by atoms with E-state index in [4.69, 9.17) is 17.3 Å². The van der Waals surface area contributed by atoms with Crippen LogP contribution >= 0.6 is 31.9 Å². The Labute approximate surface area is 296 Å². The van der Waals surface area contributed by atoms with Gasteiger partial charge in [0, 0.05) is 0 Å². The van der Waals surface area contributed by atoms with Gasteiger partial charge in [0.2, 0.25) is 0 Å². The van der Waals surface area contributed by atoms with Gasteiger partial charge >= 0.3 is 252 Å². The Kier molecular flexibility index (Phi) is 16.9. The van der Waals surface area contributed by atoms with E-state index in [1.807, 2.05) is 0 Å². The number of aromatic carboxylic acids is 1. The zero-order valence-corrected chi connectivity index (χ0v) is 33.2. The van der Waals surface area contributed by atoms with E-state index in [0.29, 0.717) is 52.9 Å². The van der Waals surface area contributed by atoms with Gasteiger partial charge in [0.05, 0.1) is 0 Å². The van der Waals surface area contributed by atoms with Crippen LogP contribution in [-0.4, -0.2) is 24.7 Å². The summed E-state index contributed by atoms with van der Waals surface area (Å²) in [5, 5.41) is 24.8. The molecule has 1 heterocycles.